The van der Waals surface area contributed by atoms with Crippen molar-refractivity contribution in [2.24, 2.45) is 0 Å². The predicted octanol–water partition coefficient (Wildman–Crippen LogP) is 5.79. The Kier molecular flexibility index (Phi) is 6.43. The number of halogens is 2. The maximum atomic E-state index is 13.3. The summed E-state index contributed by atoms with van der Waals surface area (Å²) in [5, 5.41) is 3.56. The Labute approximate surface area is 207 Å². The number of thiocarbonyl (C=S) groups is 1. The average Bonchev–Trinajstić information content (AvgIpc) is 3.06. The van der Waals surface area contributed by atoms with E-state index in [2.05, 4.69) is 12.2 Å². The number of aryl methyl sites for hydroxylation is 2. The monoisotopic (exact) mass is 497 g/mol. The third kappa shape index (κ3) is 4.22. The Hall–Kier alpha value is -2.93. The average molecular weight is 498 g/mol. The third-order valence-electron chi connectivity index (χ3n) is 5.65. The van der Waals surface area contributed by atoms with E-state index in [9.17, 15) is 9.59 Å². The molecule has 1 aliphatic rings. The summed E-state index contributed by atoms with van der Waals surface area (Å²) in [7, 11) is 0. The summed E-state index contributed by atoms with van der Waals surface area (Å²) in [6, 6.07) is 14.8. The van der Waals surface area contributed by atoms with Gasteiger partial charge in [-0.2, -0.15) is 0 Å². The first-order valence-corrected chi connectivity index (χ1v) is 11.5. The number of aromatic nitrogens is 1. The minimum Gasteiger partial charge on any atom is -0.316 e. The lowest BCUT2D eigenvalue weighted by Crippen LogP contribution is -2.54. The molecular formula is C25H21Cl2N3O2S. The third-order valence-corrected chi connectivity index (χ3v) is 6.74. The van der Waals surface area contributed by atoms with Crippen molar-refractivity contribution in [1.29, 1.82) is 0 Å². The summed E-state index contributed by atoms with van der Waals surface area (Å²) in [4.78, 5) is 27.4. The van der Waals surface area contributed by atoms with E-state index in [1.807, 2.05) is 60.9 Å². The highest BCUT2D eigenvalue weighted by molar-refractivity contribution is 7.80. The molecule has 1 aromatic heterocycles. The van der Waals surface area contributed by atoms with Crippen LogP contribution in [0.15, 0.2) is 54.1 Å². The van der Waals surface area contributed by atoms with Gasteiger partial charge in [-0.25, -0.2) is 0 Å². The van der Waals surface area contributed by atoms with Gasteiger partial charge in [0, 0.05) is 11.4 Å². The van der Waals surface area contributed by atoms with Gasteiger partial charge in [0.05, 0.1) is 21.4 Å². The zero-order valence-corrected chi connectivity index (χ0v) is 20.6. The van der Waals surface area contributed by atoms with E-state index in [-0.39, 0.29) is 10.7 Å². The van der Waals surface area contributed by atoms with Crippen LogP contribution in [0.1, 0.15) is 29.4 Å². The summed E-state index contributed by atoms with van der Waals surface area (Å²) in [5.74, 6) is -1.00. The molecule has 0 saturated carbocycles. The highest BCUT2D eigenvalue weighted by Crippen LogP contribution is 2.32. The van der Waals surface area contributed by atoms with Gasteiger partial charge >= 0.3 is 0 Å². The van der Waals surface area contributed by atoms with Crippen molar-refractivity contribution < 1.29 is 9.59 Å². The van der Waals surface area contributed by atoms with Crippen molar-refractivity contribution in [2.75, 3.05) is 4.90 Å². The first-order valence-electron chi connectivity index (χ1n) is 10.4. The molecule has 1 fully saturated rings. The van der Waals surface area contributed by atoms with Crippen molar-refractivity contribution >= 4 is 64.1 Å². The summed E-state index contributed by atoms with van der Waals surface area (Å²) in [6.07, 6.45) is 2.47. The molecule has 1 N–H and O–H groups in total. The Balaban J connectivity index is 1.76. The number of benzene rings is 2. The fourth-order valence-corrected chi connectivity index (χ4v) is 4.56. The van der Waals surface area contributed by atoms with Gasteiger partial charge in [-0.05, 0) is 80.0 Å². The second-order valence-corrected chi connectivity index (χ2v) is 8.88. The van der Waals surface area contributed by atoms with Gasteiger partial charge in [-0.1, -0.05) is 48.3 Å². The number of carbonyl (C=O) groups is 2. The van der Waals surface area contributed by atoms with E-state index >= 15 is 0 Å². The van der Waals surface area contributed by atoms with Crippen LogP contribution in [0, 0.1) is 13.8 Å². The molecule has 3 aromatic rings. The molecule has 33 heavy (non-hydrogen) atoms. The van der Waals surface area contributed by atoms with E-state index in [1.165, 1.54) is 4.90 Å². The van der Waals surface area contributed by atoms with E-state index in [0.717, 1.165) is 34.6 Å². The topological polar surface area (TPSA) is 54.3 Å². The van der Waals surface area contributed by atoms with Crippen LogP contribution in [0.2, 0.25) is 10.0 Å². The molecular weight excluding hydrogens is 477 g/mol. The smallest absolute Gasteiger partial charge is 0.270 e. The van der Waals surface area contributed by atoms with Crippen LogP contribution in [0.4, 0.5) is 5.69 Å². The van der Waals surface area contributed by atoms with Gasteiger partial charge in [0.15, 0.2) is 5.11 Å². The van der Waals surface area contributed by atoms with Crippen LogP contribution in [0.25, 0.3) is 11.8 Å². The van der Waals surface area contributed by atoms with Crippen molar-refractivity contribution in [2.45, 2.75) is 27.2 Å². The summed E-state index contributed by atoms with van der Waals surface area (Å²) >= 11 is 17.9. The fourth-order valence-electron chi connectivity index (χ4n) is 3.90. The quantitative estimate of drug-likeness (QED) is 0.281. The van der Waals surface area contributed by atoms with Crippen LogP contribution in [-0.2, 0) is 16.0 Å². The largest absolute Gasteiger partial charge is 0.316 e. The number of nitrogens with one attached hydrogen (secondary N) is 1. The fraction of sp³-hybridized carbons (Fsp3) is 0.160. The molecule has 4 rings (SSSR count). The lowest BCUT2D eigenvalue weighted by molar-refractivity contribution is -0.122. The molecule has 0 spiro atoms. The van der Waals surface area contributed by atoms with Gasteiger partial charge in [0.2, 0.25) is 0 Å². The second-order valence-electron chi connectivity index (χ2n) is 7.71. The molecule has 0 unspecified atom stereocenters. The number of rotatable bonds is 4. The molecule has 1 saturated heterocycles. The zero-order chi connectivity index (χ0) is 23.9. The normalized spacial score (nSPS) is 15.4. The number of hydrogen-bond donors (Lipinski definition) is 1. The Bertz CT molecular complexity index is 1330. The zero-order valence-electron chi connectivity index (χ0n) is 18.3. The molecule has 0 bridgehead atoms. The molecule has 0 radical (unpaired) electrons. The molecule has 168 valence electrons. The van der Waals surface area contributed by atoms with Gasteiger partial charge < -0.3 is 4.57 Å². The van der Waals surface area contributed by atoms with Crippen LogP contribution >= 0.6 is 35.4 Å². The van der Waals surface area contributed by atoms with E-state index in [0.29, 0.717) is 15.7 Å². The molecule has 2 amide bonds. The number of carbonyl (C=O) groups excluding carboxylic acids is 2. The summed E-state index contributed by atoms with van der Waals surface area (Å²) < 4.78 is 1.94. The minimum atomic E-state index is -0.531. The van der Waals surface area contributed by atoms with Crippen LogP contribution < -0.4 is 10.2 Å². The highest BCUT2D eigenvalue weighted by Gasteiger charge is 2.34. The van der Waals surface area contributed by atoms with Crippen LogP contribution in [0.3, 0.4) is 0 Å². The predicted molar refractivity (Wildman–Crippen MR) is 137 cm³/mol. The molecule has 2 aromatic carbocycles. The maximum Gasteiger partial charge on any atom is 0.270 e. The van der Waals surface area contributed by atoms with Gasteiger partial charge in [0.25, 0.3) is 11.8 Å². The molecule has 0 atom stereocenters. The van der Waals surface area contributed by atoms with E-state index < -0.39 is 11.8 Å². The maximum absolute atomic E-state index is 13.3. The lowest BCUT2D eigenvalue weighted by atomic mass is 10.1. The molecule has 8 heteroatoms. The number of amides is 2. The van der Waals surface area contributed by atoms with E-state index in [1.54, 1.807) is 12.1 Å². The first kappa shape index (κ1) is 23.2. The number of nitrogens with zero attached hydrogens (tertiary/aromatic N) is 2. The molecule has 5 nitrogen and oxygen atoms in total. The van der Waals surface area contributed by atoms with E-state index in [4.69, 9.17) is 35.4 Å². The van der Waals surface area contributed by atoms with Crippen molar-refractivity contribution in [1.82, 2.24) is 9.88 Å². The summed E-state index contributed by atoms with van der Waals surface area (Å²) in [6.45, 7) is 5.87. The number of hydrogen-bond acceptors (Lipinski definition) is 3. The Morgan fingerprint density at radius 2 is 1.76 bits per heavy atom. The molecule has 2 heterocycles. The lowest BCUT2D eigenvalue weighted by Gasteiger charge is -2.29. The van der Waals surface area contributed by atoms with Crippen molar-refractivity contribution in [3.05, 3.63) is 86.7 Å². The highest BCUT2D eigenvalue weighted by atomic mass is 35.5. The van der Waals surface area contributed by atoms with Crippen LogP contribution in [-0.4, -0.2) is 21.5 Å². The minimum absolute atomic E-state index is 0.000564. The first-order chi connectivity index (χ1) is 15.7. The second kappa shape index (κ2) is 9.14. The molecule has 0 aliphatic carbocycles. The molecule has 1 aliphatic heterocycles. The van der Waals surface area contributed by atoms with Crippen LogP contribution in [0.5, 0.6) is 0 Å². The van der Waals surface area contributed by atoms with Gasteiger partial charge in [-0.15, -0.1) is 0 Å². The van der Waals surface area contributed by atoms with Gasteiger partial charge in [-0.3, -0.25) is 19.8 Å². The van der Waals surface area contributed by atoms with Crippen molar-refractivity contribution in [3.63, 3.8) is 0 Å². The SMILES string of the molecule is CCc1ccc(N2C(=O)/C(=C/c3cc(C)n(-c4cccc(Cl)c4Cl)c3C)C(=O)NC2=S)cc1. The Morgan fingerprint density at radius 3 is 2.42 bits per heavy atom. The van der Waals surface area contributed by atoms with Crippen molar-refractivity contribution in [3.8, 4) is 5.69 Å². The Morgan fingerprint density at radius 1 is 1.06 bits per heavy atom. The summed E-state index contributed by atoms with van der Waals surface area (Å²) in [5.41, 5.74) is 4.88. The van der Waals surface area contributed by atoms with Gasteiger partial charge in [0.1, 0.15) is 5.57 Å². The number of anilines is 1. The standard InChI is InChI=1S/C25H21Cl2N3O2S/c1-4-16-8-10-18(11-9-16)30-24(32)19(23(31)28-25(30)33)13-17-12-14(2)29(15(17)3)21-7-5-6-20(26)22(21)27/h5-13H,4H2,1-3H3,(H,28,31,33)/b19-13+.